The van der Waals surface area contributed by atoms with Crippen LogP contribution in [0, 0.1) is 0 Å². The van der Waals surface area contributed by atoms with Crippen molar-refractivity contribution in [2.24, 2.45) is 0 Å². The first-order valence-corrected chi connectivity index (χ1v) is 11.3. The van der Waals surface area contributed by atoms with Crippen molar-refractivity contribution in [2.45, 2.75) is 74.1 Å². The third-order valence-corrected chi connectivity index (χ3v) is 3.75. The lowest BCUT2D eigenvalue weighted by atomic mass is 10.2. The second kappa shape index (κ2) is 23.7. The van der Waals surface area contributed by atoms with Crippen LogP contribution in [0.15, 0.2) is 91.0 Å². The van der Waals surface area contributed by atoms with Crippen LogP contribution in [-0.2, 0) is 19.3 Å². The van der Waals surface area contributed by atoms with Gasteiger partial charge in [-0.15, -0.1) is 0 Å². The molecule has 0 aliphatic heterocycles. The molecule has 0 aliphatic rings. The maximum atomic E-state index is 2.16. The second-order valence-corrected chi connectivity index (χ2v) is 6.22. The second-order valence-electron chi connectivity index (χ2n) is 6.22. The van der Waals surface area contributed by atoms with Crippen molar-refractivity contribution in [3.8, 4) is 0 Å². The maximum absolute atomic E-state index is 2.16. The minimum Gasteiger partial charge on any atom is -0.0683 e. The molecule has 0 heterocycles. The molecule has 3 aromatic rings. The zero-order chi connectivity index (χ0) is 22.2. The molecule has 0 nitrogen and oxygen atoms in total. The lowest BCUT2D eigenvalue weighted by Crippen LogP contribution is -1.73. The first kappa shape index (κ1) is 28.9. The molecular formula is C29H44. The van der Waals surface area contributed by atoms with Crippen molar-refractivity contribution in [2.75, 3.05) is 0 Å². The molecule has 0 bridgehead atoms. The predicted molar refractivity (Wildman–Crippen MR) is 135 cm³/mol. The quantitative estimate of drug-likeness (QED) is 0.416. The van der Waals surface area contributed by atoms with Crippen molar-refractivity contribution in [1.82, 2.24) is 0 Å². The van der Waals surface area contributed by atoms with Crippen LogP contribution in [0.3, 0.4) is 0 Å². The summed E-state index contributed by atoms with van der Waals surface area (Å²) in [5.41, 5.74) is 4.23. The van der Waals surface area contributed by atoms with E-state index in [0.717, 1.165) is 19.3 Å². The summed E-state index contributed by atoms with van der Waals surface area (Å²) in [6.45, 7) is 14.7. The SMILES string of the molecule is CC.CCC.CCc1ccccc1.CCc1ccccc1.CCc1ccccc1. The van der Waals surface area contributed by atoms with E-state index in [1.165, 1.54) is 23.1 Å². The van der Waals surface area contributed by atoms with Gasteiger partial charge in [0.1, 0.15) is 0 Å². The Morgan fingerprint density at radius 3 is 0.655 bits per heavy atom. The van der Waals surface area contributed by atoms with Gasteiger partial charge in [0, 0.05) is 0 Å². The molecule has 0 aliphatic carbocycles. The van der Waals surface area contributed by atoms with Gasteiger partial charge in [-0.1, -0.05) is 146 Å². The topological polar surface area (TPSA) is 0 Å². The Hall–Kier alpha value is -2.34. The van der Waals surface area contributed by atoms with E-state index in [-0.39, 0.29) is 0 Å². The average molecular weight is 393 g/mol. The van der Waals surface area contributed by atoms with E-state index in [2.05, 4.69) is 107 Å². The van der Waals surface area contributed by atoms with Gasteiger partial charge in [0.25, 0.3) is 0 Å². The molecule has 160 valence electrons. The van der Waals surface area contributed by atoms with Crippen LogP contribution in [0.2, 0.25) is 0 Å². The van der Waals surface area contributed by atoms with Crippen molar-refractivity contribution in [1.29, 1.82) is 0 Å². The molecule has 3 rings (SSSR count). The van der Waals surface area contributed by atoms with Crippen molar-refractivity contribution < 1.29 is 0 Å². The Bertz CT molecular complexity index is 533. The van der Waals surface area contributed by atoms with Gasteiger partial charge in [0.2, 0.25) is 0 Å². The fourth-order valence-electron chi connectivity index (χ4n) is 2.14. The Morgan fingerprint density at radius 2 is 0.552 bits per heavy atom. The van der Waals surface area contributed by atoms with E-state index in [1.54, 1.807) is 0 Å². The summed E-state index contributed by atoms with van der Waals surface area (Å²) in [6.07, 6.45) is 4.67. The van der Waals surface area contributed by atoms with Crippen LogP contribution >= 0.6 is 0 Å². The minimum atomic E-state index is 1.14. The Labute approximate surface area is 182 Å². The van der Waals surface area contributed by atoms with E-state index >= 15 is 0 Å². The van der Waals surface area contributed by atoms with E-state index < -0.39 is 0 Å². The lowest BCUT2D eigenvalue weighted by molar-refractivity contribution is 1.09. The molecule has 0 saturated heterocycles. The highest BCUT2D eigenvalue weighted by atomic mass is 13.9. The van der Waals surface area contributed by atoms with Crippen LogP contribution in [0.4, 0.5) is 0 Å². The molecule has 0 aromatic heterocycles. The van der Waals surface area contributed by atoms with Gasteiger partial charge >= 0.3 is 0 Å². The Morgan fingerprint density at radius 1 is 0.379 bits per heavy atom. The molecule has 0 atom stereocenters. The van der Waals surface area contributed by atoms with Crippen LogP contribution < -0.4 is 0 Å². The predicted octanol–water partition coefficient (Wildman–Crippen LogP) is 9.19. The van der Waals surface area contributed by atoms with Crippen LogP contribution in [0.1, 0.15) is 71.6 Å². The summed E-state index contributed by atoms with van der Waals surface area (Å²) >= 11 is 0. The third-order valence-electron chi connectivity index (χ3n) is 3.75. The number of benzene rings is 3. The summed E-state index contributed by atoms with van der Waals surface area (Å²) in [6, 6.07) is 31.4. The summed E-state index contributed by atoms with van der Waals surface area (Å²) in [4.78, 5) is 0. The molecule has 29 heavy (non-hydrogen) atoms. The van der Waals surface area contributed by atoms with Gasteiger partial charge in [-0.25, -0.2) is 0 Å². The molecule has 0 unspecified atom stereocenters. The molecule has 3 aromatic carbocycles. The highest BCUT2D eigenvalue weighted by Crippen LogP contribution is 1.98. The molecule has 0 heteroatoms. The highest BCUT2D eigenvalue weighted by Gasteiger charge is 1.81. The molecule has 0 radical (unpaired) electrons. The standard InChI is InChI=1S/3C8H10.C3H8.C2H6/c3*1-2-8-6-4-3-5-7-8;1-3-2;1-2/h3*3-7H,2H2,1H3;3H2,1-2H3;1-2H3. The van der Waals surface area contributed by atoms with E-state index in [4.69, 9.17) is 0 Å². The molecule has 0 N–H and O–H groups in total. The Kier molecular flexibility index (Phi) is 23.6. The summed E-state index contributed by atoms with van der Waals surface area (Å²) < 4.78 is 0. The van der Waals surface area contributed by atoms with Gasteiger partial charge in [-0.3, -0.25) is 0 Å². The van der Waals surface area contributed by atoms with Gasteiger partial charge < -0.3 is 0 Å². The molecular weight excluding hydrogens is 348 g/mol. The zero-order valence-corrected chi connectivity index (χ0v) is 20.0. The Balaban J connectivity index is 0. The molecule has 0 amide bonds. The van der Waals surface area contributed by atoms with E-state index in [0.29, 0.717) is 0 Å². The average Bonchev–Trinajstić information content (AvgIpc) is 2.83. The van der Waals surface area contributed by atoms with Crippen LogP contribution in [0.5, 0.6) is 0 Å². The number of hydrogen-bond donors (Lipinski definition) is 0. The monoisotopic (exact) mass is 392 g/mol. The number of hydrogen-bond acceptors (Lipinski definition) is 0. The maximum Gasteiger partial charge on any atom is -0.0307 e. The van der Waals surface area contributed by atoms with Gasteiger partial charge in [-0.05, 0) is 36.0 Å². The summed E-state index contributed by atoms with van der Waals surface area (Å²) in [5.74, 6) is 0. The fourth-order valence-corrected chi connectivity index (χ4v) is 2.14. The van der Waals surface area contributed by atoms with Gasteiger partial charge in [-0.2, -0.15) is 0 Å². The van der Waals surface area contributed by atoms with E-state index in [9.17, 15) is 0 Å². The van der Waals surface area contributed by atoms with Crippen molar-refractivity contribution >= 4 is 0 Å². The highest BCUT2D eigenvalue weighted by molar-refractivity contribution is 5.15. The molecule has 0 spiro atoms. The third kappa shape index (κ3) is 18.8. The minimum absolute atomic E-state index is 1.14. The summed E-state index contributed by atoms with van der Waals surface area (Å²) in [5, 5.41) is 0. The smallest absolute Gasteiger partial charge is 0.0307 e. The summed E-state index contributed by atoms with van der Waals surface area (Å²) in [7, 11) is 0. The van der Waals surface area contributed by atoms with Crippen molar-refractivity contribution in [3.05, 3.63) is 108 Å². The van der Waals surface area contributed by atoms with Crippen LogP contribution in [0.25, 0.3) is 0 Å². The largest absolute Gasteiger partial charge is 0.0683 e. The molecule has 0 saturated carbocycles. The normalized spacial score (nSPS) is 8.38. The van der Waals surface area contributed by atoms with Crippen LogP contribution in [-0.4, -0.2) is 0 Å². The fraction of sp³-hybridized carbons (Fsp3) is 0.379. The zero-order valence-electron chi connectivity index (χ0n) is 20.0. The number of rotatable bonds is 3. The first-order chi connectivity index (χ1) is 14.2. The van der Waals surface area contributed by atoms with Gasteiger partial charge in [0.15, 0.2) is 0 Å². The number of aryl methyl sites for hydroxylation is 3. The molecule has 0 fully saturated rings. The van der Waals surface area contributed by atoms with Crippen molar-refractivity contribution in [3.63, 3.8) is 0 Å². The first-order valence-electron chi connectivity index (χ1n) is 11.3. The van der Waals surface area contributed by atoms with E-state index in [1.807, 2.05) is 32.0 Å². The van der Waals surface area contributed by atoms with Gasteiger partial charge in [0.05, 0.1) is 0 Å². The lowest BCUT2D eigenvalue weighted by Gasteiger charge is -1.89.